The minimum atomic E-state index is -4.65. The van der Waals surface area contributed by atoms with Gasteiger partial charge in [-0.15, -0.1) is 0 Å². The van der Waals surface area contributed by atoms with Gasteiger partial charge in [-0.25, -0.2) is 8.42 Å². The molecule has 0 spiro atoms. The monoisotopic (exact) mass is 447 g/mol. The van der Waals surface area contributed by atoms with E-state index in [1.807, 2.05) is 0 Å². The van der Waals surface area contributed by atoms with Gasteiger partial charge in [-0.1, -0.05) is 5.16 Å². The van der Waals surface area contributed by atoms with Crippen molar-refractivity contribution in [3.63, 3.8) is 0 Å². The van der Waals surface area contributed by atoms with Crippen LogP contribution in [0.4, 0.5) is 13.2 Å². The molecule has 0 saturated carbocycles. The van der Waals surface area contributed by atoms with Crippen molar-refractivity contribution < 1.29 is 35.6 Å². The standard InChI is InChI=1S/C18H20F3N3O5S/c1-10(18(19,20)21)28-15-5-4-13(30(3,26)27)8-14(15)17(25)24-7-6-12(9-24)16-22-11(2)29-23-16/h4-5,8,10,12H,6-7,9H2,1-3H3. The summed E-state index contributed by atoms with van der Waals surface area (Å²) in [6.45, 7) is 2.96. The molecule has 12 heteroatoms. The van der Waals surface area contributed by atoms with Crippen LogP contribution in [0.3, 0.4) is 0 Å². The molecule has 1 aliphatic heterocycles. The highest BCUT2D eigenvalue weighted by Crippen LogP contribution is 2.32. The second-order valence-electron chi connectivity index (χ2n) is 7.14. The maximum atomic E-state index is 13.1. The normalized spacial score (nSPS) is 18.5. The number of likely N-dealkylation sites (tertiary alicyclic amines) is 1. The first-order chi connectivity index (χ1) is 13.9. The minimum absolute atomic E-state index is 0.192. The number of rotatable bonds is 5. The summed E-state index contributed by atoms with van der Waals surface area (Å²) in [7, 11) is -3.69. The molecule has 2 heterocycles. The molecular formula is C18H20F3N3O5S. The zero-order chi connectivity index (χ0) is 22.3. The number of halogens is 3. The fourth-order valence-electron chi connectivity index (χ4n) is 3.07. The van der Waals surface area contributed by atoms with Crippen molar-refractivity contribution in [3.8, 4) is 5.75 Å². The number of ether oxygens (including phenoxy) is 1. The number of hydrogen-bond donors (Lipinski definition) is 0. The highest BCUT2D eigenvalue weighted by Gasteiger charge is 2.39. The molecule has 1 fully saturated rings. The smallest absolute Gasteiger partial charge is 0.425 e. The molecule has 30 heavy (non-hydrogen) atoms. The summed E-state index contributed by atoms with van der Waals surface area (Å²) in [4.78, 5) is 18.4. The second kappa shape index (κ2) is 7.89. The first-order valence-electron chi connectivity index (χ1n) is 9.03. The number of amides is 1. The highest BCUT2D eigenvalue weighted by atomic mass is 32.2. The lowest BCUT2D eigenvalue weighted by Gasteiger charge is -2.22. The summed E-state index contributed by atoms with van der Waals surface area (Å²) in [5.41, 5.74) is -0.251. The van der Waals surface area contributed by atoms with E-state index in [0.717, 1.165) is 31.4 Å². The Labute approximate surface area is 170 Å². The lowest BCUT2D eigenvalue weighted by Crippen LogP contribution is -2.33. The molecule has 1 aromatic carbocycles. The van der Waals surface area contributed by atoms with Crippen LogP contribution >= 0.6 is 0 Å². The maximum absolute atomic E-state index is 13.1. The fourth-order valence-corrected chi connectivity index (χ4v) is 3.72. The average Bonchev–Trinajstić information content (AvgIpc) is 3.28. The number of alkyl halides is 3. The summed E-state index contributed by atoms with van der Waals surface area (Å²) in [6, 6.07) is 3.23. The molecule has 0 bridgehead atoms. The van der Waals surface area contributed by atoms with Gasteiger partial charge in [0.2, 0.25) is 5.89 Å². The third-order valence-electron chi connectivity index (χ3n) is 4.76. The van der Waals surface area contributed by atoms with Crippen LogP contribution < -0.4 is 4.74 Å². The molecular weight excluding hydrogens is 427 g/mol. The van der Waals surface area contributed by atoms with E-state index in [4.69, 9.17) is 9.26 Å². The molecule has 1 aromatic heterocycles. The third-order valence-corrected chi connectivity index (χ3v) is 5.87. The molecule has 2 unspecified atom stereocenters. The molecule has 2 atom stereocenters. The van der Waals surface area contributed by atoms with Crippen molar-refractivity contribution in [2.24, 2.45) is 0 Å². The molecule has 0 N–H and O–H groups in total. The summed E-state index contributed by atoms with van der Waals surface area (Å²) in [5.74, 6) is -0.339. The fraction of sp³-hybridized carbons (Fsp3) is 0.500. The minimum Gasteiger partial charge on any atom is -0.480 e. The number of benzene rings is 1. The number of sulfone groups is 1. The van der Waals surface area contributed by atoms with Gasteiger partial charge in [0.15, 0.2) is 21.8 Å². The molecule has 1 saturated heterocycles. The zero-order valence-electron chi connectivity index (χ0n) is 16.4. The van der Waals surface area contributed by atoms with Crippen LogP contribution in [0.25, 0.3) is 0 Å². The van der Waals surface area contributed by atoms with Gasteiger partial charge >= 0.3 is 6.18 Å². The summed E-state index contributed by atoms with van der Waals surface area (Å²) < 4.78 is 72.5. The van der Waals surface area contributed by atoms with Crippen molar-refractivity contribution in [2.75, 3.05) is 19.3 Å². The molecule has 1 aliphatic rings. The topological polar surface area (TPSA) is 103 Å². The molecule has 164 valence electrons. The Kier molecular flexibility index (Phi) is 5.81. The molecule has 3 rings (SSSR count). The van der Waals surface area contributed by atoms with Crippen molar-refractivity contribution in [1.82, 2.24) is 15.0 Å². The summed E-state index contributed by atoms with van der Waals surface area (Å²) in [5, 5.41) is 3.84. The summed E-state index contributed by atoms with van der Waals surface area (Å²) >= 11 is 0. The van der Waals surface area contributed by atoms with Gasteiger partial charge in [0, 0.05) is 32.2 Å². The number of aryl methyl sites for hydroxylation is 1. The van der Waals surface area contributed by atoms with E-state index in [1.54, 1.807) is 6.92 Å². The average molecular weight is 447 g/mol. The van der Waals surface area contributed by atoms with Crippen molar-refractivity contribution in [1.29, 1.82) is 0 Å². The second-order valence-corrected chi connectivity index (χ2v) is 9.16. The third kappa shape index (κ3) is 4.74. The Bertz CT molecular complexity index is 1050. The van der Waals surface area contributed by atoms with Crippen LogP contribution in [-0.2, 0) is 9.84 Å². The molecule has 0 radical (unpaired) electrons. The van der Waals surface area contributed by atoms with E-state index >= 15 is 0 Å². The van der Waals surface area contributed by atoms with Gasteiger partial charge in [0.1, 0.15) is 5.75 Å². The van der Waals surface area contributed by atoms with E-state index in [-0.39, 0.29) is 28.7 Å². The molecule has 2 aromatic rings. The number of aromatic nitrogens is 2. The Morgan fingerprint density at radius 2 is 2.07 bits per heavy atom. The van der Waals surface area contributed by atoms with Gasteiger partial charge in [0.05, 0.1) is 10.5 Å². The number of carbonyl (C=O) groups excluding carboxylic acids is 1. The molecule has 8 nitrogen and oxygen atoms in total. The van der Waals surface area contributed by atoms with Gasteiger partial charge in [-0.3, -0.25) is 4.79 Å². The first kappa shape index (κ1) is 22.1. The van der Waals surface area contributed by atoms with E-state index in [2.05, 4.69) is 10.1 Å². The van der Waals surface area contributed by atoms with E-state index < -0.39 is 28.0 Å². The number of carbonyl (C=O) groups is 1. The van der Waals surface area contributed by atoms with E-state index in [0.29, 0.717) is 24.7 Å². The quantitative estimate of drug-likeness (QED) is 0.694. The predicted molar refractivity (Wildman–Crippen MR) is 98.0 cm³/mol. The highest BCUT2D eigenvalue weighted by molar-refractivity contribution is 7.90. The van der Waals surface area contributed by atoms with Crippen molar-refractivity contribution in [2.45, 2.75) is 43.4 Å². The van der Waals surface area contributed by atoms with Gasteiger partial charge in [-0.2, -0.15) is 18.2 Å². The SMILES string of the molecule is Cc1nc(C2CCN(C(=O)c3cc(S(C)(=O)=O)ccc3OC(C)C(F)(F)F)C2)no1. The first-order valence-corrected chi connectivity index (χ1v) is 10.9. The van der Waals surface area contributed by atoms with Crippen molar-refractivity contribution >= 4 is 15.7 Å². The van der Waals surface area contributed by atoms with Crippen molar-refractivity contribution in [3.05, 3.63) is 35.5 Å². The van der Waals surface area contributed by atoms with Crippen LogP contribution in [0, 0.1) is 6.92 Å². The number of hydrogen-bond acceptors (Lipinski definition) is 7. The van der Waals surface area contributed by atoms with Gasteiger partial charge in [0.25, 0.3) is 5.91 Å². The largest absolute Gasteiger partial charge is 0.480 e. The van der Waals surface area contributed by atoms with E-state index in [9.17, 15) is 26.4 Å². The zero-order valence-corrected chi connectivity index (χ0v) is 17.2. The van der Waals surface area contributed by atoms with Crippen LogP contribution in [0.2, 0.25) is 0 Å². The lowest BCUT2D eigenvalue weighted by atomic mass is 10.1. The Hall–Kier alpha value is -2.63. The number of nitrogens with zero attached hydrogens (tertiary/aromatic N) is 3. The predicted octanol–water partition coefficient (Wildman–Crippen LogP) is 2.74. The van der Waals surface area contributed by atoms with Crippen LogP contribution in [0.15, 0.2) is 27.6 Å². The van der Waals surface area contributed by atoms with Crippen LogP contribution in [0.1, 0.15) is 41.3 Å². The Morgan fingerprint density at radius 1 is 1.37 bits per heavy atom. The lowest BCUT2D eigenvalue weighted by molar-refractivity contribution is -0.189. The Balaban J connectivity index is 1.90. The summed E-state index contributed by atoms with van der Waals surface area (Å²) in [6.07, 6.45) is -5.35. The Morgan fingerprint density at radius 3 is 2.63 bits per heavy atom. The van der Waals surface area contributed by atoms with Gasteiger partial charge < -0.3 is 14.2 Å². The van der Waals surface area contributed by atoms with Gasteiger partial charge in [-0.05, 0) is 31.5 Å². The molecule has 1 amide bonds. The van der Waals surface area contributed by atoms with Crippen LogP contribution in [-0.4, -0.2) is 61.0 Å². The maximum Gasteiger partial charge on any atom is 0.425 e. The van der Waals surface area contributed by atoms with Crippen LogP contribution in [0.5, 0.6) is 5.75 Å². The molecule has 0 aliphatic carbocycles. The van der Waals surface area contributed by atoms with E-state index in [1.165, 1.54) is 4.90 Å².